The van der Waals surface area contributed by atoms with Crippen LogP contribution in [0.5, 0.6) is 0 Å². The SMILES string of the molecule is CC#N.CC(C)O.O.O=P(O)(O)O. The zero-order valence-corrected chi connectivity index (χ0v) is 8.56. The number of rotatable bonds is 0. The third-order valence-electron chi connectivity index (χ3n) is 0. The Morgan fingerprint density at radius 2 is 1.31 bits per heavy atom. The molecule has 0 amide bonds. The number of nitrogens with zero attached hydrogens (tertiary/aromatic N) is 1. The van der Waals surface area contributed by atoms with E-state index in [2.05, 4.69) is 0 Å². The van der Waals surface area contributed by atoms with Gasteiger partial charge in [-0.3, -0.25) is 0 Å². The number of hydrogen-bond acceptors (Lipinski definition) is 3. The first-order valence-electron chi connectivity index (χ1n) is 2.92. The van der Waals surface area contributed by atoms with Gasteiger partial charge >= 0.3 is 7.82 Å². The van der Waals surface area contributed by atoms with Crippen LogP contribution in [0.25, 0.3) is 0 Å². The Labute approximate surface area is 76.8 Å². The van der Waals surface area contributed by atoms with E-state index in [1.165, 1.54) is 6.92 Å². The molecule has 0 bridgehead atoms. The molecule has 0 saturated heterocycles. The summed E-state index contributed by atoms with van der Waals surface area (Å²) in [5, 5.41) is 15.4. The van der Waals surface area contributed by atoms with E-state index in [4.69, 9.17) is 29.6 Å². The van der Waals surface area contributed by atoms with Crippen LogP contribution in [0, 0.1) is 11.3 Å². The molecule has 0 rings (SSSR count). The van der Waals surface area contributed by atoms with E-state index >= 15 is 0 Å². The van der Waals surface area contributed by atoms with Crippen LogP contribution in [-0.4, -0.2) is 31.4 Å². The van der Waals surface area contributed by atoms with E-state index in [0.717, 1.165) is 0 Å². The molecule has 82 valence electrons. The Kier molecular flexibility index (Phi) is 24.8. The number of aliphatic hydroxyl groups is 1. The summed E-state index contributed by atoms with van der Waals surface area (Å²) in [7, 11) is -4.64. The second-order valence-corrected chi connectivity index (χ2v) is 2.86. The summed E-state index contributed by atoms with van der Waals surface area (Å²) < 4.78 is 8.88. The Hall–Kier alpha value is -0.480. The predicted molar refractivity (Wildman–Crippen MR) is 46.5 cm³/mol. The van der Waals surface area contributed by atoms with Gasteiger partial charge in [0, 0.05) is 13.0 Å². The molecule has 0 atom stereocenters. The lowest BCUT2D eigenvalue weighted by Gasteiger charge is -1.82. The average molecular weight is 217 g/mol. The zero-order chi connectivity index (χ0) is 10.8. The first-order valence-corrected chi connectivity index (χ1v) is 4.48. The van der Waals surface area contributed by atoms with Crippen LogP contribution in [0.4, 0.5) is 0 Å². The minimum atomic E-state index is -4.64. The van der Waals surface area contributed by atoms with Crippen molar-refractivity contribution >= 4 is 7.82 Å². The van der Waals surface area contributed by atoms with E-state index in [0.29, 0.717) is 0 Å². The van der Waals surface area contributed by atoms with Gasteiger partial charge in [-0.15, -0.1) is 0 Å². The lowest BCUT2D eigenvalue weighted by molar-refractivity contribution is 0.216. The van der Waals surface area contributed by atoms with Crippen molar-refractivity contribution in [2.75, 3.05) is 0 Å². The van der Waals surface area contributed by atoms with Gasteiger partial charge < -0.3 is 25.3 Å². The molecule has 0 radical (unpaired) electrons. The number of phosphoric acid groups is 1. The van der Waals surface area contributed by atoms with Crippen molar-refractivity contribution < 1.29 is 29.8 Å². The molecule has 0 aromatic rings. The van der Waals surface area contributed by atoms with Crippen LogP contribution < -0.4 is 0 Å². The summed E-state index contributed by atoms with van der Waals surface area (Å²) in [5.74, 6) is 0. The van der Waals surface area contributed by atoms with Crippen LogP contribution in [0.1, 0.15) is 20.8 Å². The van der Waals surface area contributed by atoms with Crippen molar-refractivity contribution in [1.82, 2.24) is 0 Å². The molecule has 7 nitrogen and oxygen atoms in total. The van der Waals surface area contributed by atoms with Crippen LogP contribution >= 0.6 is 7.82 Å². The van der Waals surface area contributed by atoms with Crippen LogP contribution in [-0.2, 0) is 4.57 Å². The van der Waals surface area contributed by atoms with Gasteiger partial charge in [0.15, 0.2) is 0 Å². The maximum absolute atomic E-state index is 8.88. The molecule has 0 fully saturated rings. The van der Waals surface area contributed by atoms with Crippen molar-refractivity contribution in [3.8, 4) is 6.07 Å². The first-order chi connectivity index (χ1) is 5.15. The molecule has 6 N–H and O–H groups in total. The first kappa shape index (κ1) is 22.9. The van der Waals surface area contributed by atoms with Crippen LogP contribution in [0.3, 0.4) is 0 Å². The van der Waals surface area contributed by atoms with E-state index in [1.54, 1.807) is 19.9 Å². The van der Waals surface area contributed by atoms with Crippen molar-refractivity contribution in [2.24, 2.45) is 0 Å². The number of nitriles is 1. The van der Waals surface area contributed by atoms with Crippen molar-refractivity contribution in [3.63, 3.8) is 0 Å². The van der Waals surface area contributed by atoms with E-state index in [-0.39, 0.29) is 11.6 Å². The lowest BCUT2D eigenvalue weighted by atomic mass is 10.5. The quantitative estimate of drug-likeness (QED) is 0.388. The van der Waals surface area contributed by atoms with Gasteiger partial charge in [-0.05, 0) is 13.8 Å². The van der Waals surface area contributed by atoms with E-state index in [9.17, 15) is 0 Å². The van der Waals surface area contributed by atoms with Crippen molar-refractivity contribution in [3.05, 3.63) is 0 Å². The second-order valence-electron chi connectivity index (χ2n) is 1.83. The Bertz CT molecular complexity index is 148. The van der Waals surface area contributed by atoms with Gasteiger partial charge in [0.25, 0.3) is 0 Å². The molecule has 0 saturated carbocycles. The minimum absolute atomic E-state index is 0. The van der Waals surface area contributed by atoms with Gasteiger partial charge in [-0.2, -0.15) is 5.26 Å². The molecule has 0 aliphatic carbocycles. The fourth-order valence-electron chi connectivity index (χ4n) is 0. The Balaban J connectivity index is -0.0000000465. The van der Waals surface area contributed by atoms with Gasteiger partial charge in [0.1, 0.15) is 0 Å². The zero-order valence-electron chi connectivity index (χ0n) is 7.67. The maximum atomic E-state index is 8.88. The molecule has 8 heteroatoms. The molecule has 0 unspecified atom stereocenters. The fraction of sp³-hybridized carbons (Fsp3) is 0.800. The van der Waals surface area contributed by atoms with E-state index in [1.807, 2.05) is 0 Å². The smallest absolute Gasteiger partial charge is 0.412 e. The standard InChI is InChI=1S/C3H8O.C2H3N.H3O4P.H2O/c1-3(2)4;1-2-3;1-5(2,3)4;/h3-4H,1-2H3;1H3;(H3,1,2,3,4);1H2. The summed E-state index contributed by atoms with van der Waals surface area (Å²) >= 11 is 0. The second kappa shape index (κ2) is 14.1. The summed E-state index contributed by atoms with van der Waals surface area (Å²) in [6.45, 7) is 4.88. The largest absolute Gasteiger partial charge is 0.466 e. The number of aliphatic hydroxyl groups excluding tert-OH is 1. The molecular formula is C5H16NO6P. The maximum Gasteiger partial charge on any atom is 0.466 e. The summed E-state index contributed by atoms with van der Waals surface area (Å²) in [4.78, 5) is 21.6. The molecular weight excluding hydrogens is 201 g/mol. The molecule has 0 heterocycles. The number of hydrogen-bond donors (Lipinski definition) is 4. The Morgan fingerprint density at radius 1 is 1.31 bits per heavy atom. The summed E-state index contributed by atoms with van der Waals surface area (Å²) in [6, 6.07) is 1.75. The molecule has 0 aromatic carbocycles. The lowest BCUT2D eigenvalue weighted by Crippen LogP contribution is -1.85. The molecule has 13 heavy (non-hydrogen) atoms. The van der Waals surface area contributed by atoms with Gasteiger partial charge in [-0.25, -0.2) is 4.57 Å². The third kappa shape index (κ3) is 4530. The summed E-state index contributed by atoms with van der Waals surface area (Å²) in [5.41, 5.74) is 0. The Morgan fingerprint density at radius 3 is 1.31 bits per heavy atom. The third-order valence-corrected chi connectivity index (χ3v) is 0. The highest BCUT2D eigenvalue weighted by Crippen LogP contribution is 2.25. The molecule has 0 spiro atoms. The highest BCUT2D eigenvalue weighted by molar-refractivity contribution is 7.45. The molecule has 0 aliphatic rings. The van der Waals surface area contributed by atoms with Gasteiger partial charge in [0.05, 0.1) is 6.07 Å². The van der Waals surface area contributed by atoms with E-state index < -0.39 is 7.82 Å². The van der Waals surface area contributed by atoms with Crippen molar-refractivity contribution in [1.29, 1.82) is 5.26 Å². The van der Waals surface area contributed by atoms with Crippen LogP contribution in [0.15, 0.2) is 0 Å². The monoisotopic (exact) mass is 217 g/mol. The molecule has 0 aromatic heterocycles. The topological polar surface area (TPSA) is 153 Å². The van der Waals surface area contributed by atoms with Crippen molar-refractivity contribution in [2.45, 2.75) is 26.9 Å². The highest BCUT2D eigenvalue weighted by Gasteiger charge is 2.00. The van der Waals surface area contributed by atoms with Gasteiger partial charge in [-0.1, -0.05) is 0 Å². The summed E-state index contributed by atoms with van der Waals surface area (Å²) in [6.07, 6.45) is -0.167. The normalized spacial score (nSPS) is 7.92. The fourth-order valence-corrected chi connectivity index (χ4v) is 0. The average Bonchev–Trinajstić information content (AvgIpc) is 1.56. The highest BCUT2D eigenvalue weighted by atomic mass is 31.2. The minimum Gasteiger partial charge on any atom is -0.412 e. The van der Waals surface area contributed by atoms with Crippen LogP contribution in [0.2, 0.25) is 0 Å². The van der Waals surface area contributed by atoms with Gasteiger partial charge in [0.2, 0.25) is 0 Å². The predicted octanol–water partition coefficient (Wildman–Crippen LogP) is -0.836. The molecule has 0 aliphatic heterocycles.